The number of nitrogens with one attached hydrogen (secondary N) is 1. The first-order chi connectivity index (χ1) is 9.83. The molecule has 1 heterocycles. The van der Waals surface area contributed by atoms with Gasteiger partial charge in [0.15, 0.2) is 0 Å². The summed E-state index contributed by atoms with van der Waals surface area (Å²) in [7, 11) is 0. The molecule has 2 fully saturated rings. The van der Waals surface area contributed by atoms with Crippen molar-refractivity contribution in [3.8, 4) is 0 Å². The number of likely N-dealkylation sites (tertiary alicyclic amines) is 1. The van der Waals surface area contributed by atoms with Gasteiger partial charge < -0.3 is 20.4 Å². The number of carbonyl (C=O) groups is 2. The summed E-state index contributed by atoms with van der Waals surface area (Å²) in [5, 5.41) is 22.3. The molecule has 0 aromatic carbocycles. The van der Waals surface area contributed by atoms with Crippen LogP contribution < -0.4 is 5.32 Å². The summed E-state index contributed by atoms with van der Waals surface area (Å²) in [6.07, 6.45) is 4.58. The Bertz CT molecular complexity index is 414. The van der Waals surface area contributed by atoms with Crippen LogP contribution in [0.2, 0.25) is 0 Å². The number of hydrogen-bond donors (Lipinski definition) is 3. The van der Waals surface area contributed by atoms with Gasteiger partial charge in [0.05, 0.1) is 11.5 Å². The molecule has 0 bridgehead atoms. The minimum Gasteiger partial charge on any atom is -0.481 e. The van der Waals surface area contributed by atoms with E-state index in [1.165, 1.54) is 0 Å². The second kappa shape index (κ2) is 6.22. The fourth-order valence-electron chi connectivity index (χ4n) is 3.38. The minimum absolute atomic E-state index is 0.151. The monoisotopic (exact) mass is 298 g/mol. The Kier molecular flexibility index (Phi) is 4.76. The summed E-state index contributed by atoms with van der Waals surface area (Å²) < 4.78 is 0. The second-order valence-corrected chi connectivity index (χ2v) is 6.61. The largest absolute Gasteiger partial charge is 0.481 e. The van der Waals surface area contributed by atoms with Crippen LogP contribution in [-0.4, -0.2) is 51.8 Å². The highest BCUT2D eigenvalue weighted by atomic mass is 16.4. The van der Waals surface area contributed by atoms with Gasteiger partial charge in [-0.3, -0.25) is 4.79 Å². The average Bonchev–Trinajstić information content (AvgIpc) is 2.45. The molecular weight excluding hydrogens is 272 g/mol. The zero-order valence-corrected chi connectivity index (χ0v) is 12.8. The van der Waals surface area contributed by atoms with Crippen molar-refractivity contribution in [1.29, 1.82) is 0 Å². The zero-order chi connectivity index (χ0) is 15.6. The van der Waals surface area contributed by atoms with Crippen molar-refractivity contribution in [1.82, 2.24) is 10.2 Å². The molecule has 2 aliphatic rings. The van der Waals surface area contributed by atoms with Crippen molar-refractivity contribution in [2.45, 2.75) is 57.6 Å². The van der Waals surface area contributed by atoms with Crippen LogP contribution in [0.5, 0.6) is 0 Å². The standard InChI is InChI=1S/C15H26N2O4/c1-10(13(18)19)11(2)16-14(20)17-8-7-15(21)6-4-3-5-12(15)9-17/h10-12,21H,3-9H2,1-2H3,(H,16,20)(H,18,19). The Labute approximate surface area is 125 Å². The van der Waals surface area contributed by atoms with E-state index in [1.807, 2.05) is 0 Å². The number of urea groups is 1. The summed E-state index contributed by atoms with van der Waals surface area (Å²) in [6.45, 7) is 4.39. The molecule has 0 aromatic rings. The quantitative estimate of drug-likeness (QED) is 0.735. The molecule has 6 nitrogen and oxygen atoms in total. The maximum Gasteiger partial charge on any atom is 0.317 e. The van der Waals surface area contributed by atoms with E-state index in [1.54, 1.807) is 18.7 Å². The van der Waals surface area contributed by atoms with Crippen molar-refractivity contribution in [2.24, 2.45) is 11.8 Å². The number of piperidine rings is 1. The number of carboxylic acid groups (broad SMARTS) is 1. The fraction of sp³-hybridized carbons (Fsp3) is 0.867. The van der Waals surface area contributed by atoms with E-state index in [0.29, 0.717) is 19.5 Å². The lowest BCUT2D eigenvalue weighted by atomic mass is 9.71. The van der Waals surface area contributed by atoms with E-state index in [4.69, 9.17) is 5.11 Å². The molecule has 1 saturated heterocycles. The van der Waals surface area contributed by atoms with Gasteiger partial charge in [-0.15, -0.1) is 0 Å². The highest BCUT2D eigenvalue weighted by molar-refractivity contribution is 5.76. The van der Waals surface area contributed by atoms with Crippen LogP contribution in [0.25, 0.3) is 0 Å². The van der Waals surface area contributed by atoms with Gasteiger partial charge in [-0.2, -0.15) is 0 Å². The molecule has 0 spiro atoms. The van der Waals surface area contributed by atoms with Crippen molar-refractivity contribution >= 4 is 12.0 Å². The summed E-state index contributed by atoms with van der Waals surface area (Å²) in [5.74, 6) is -1.38. The smallest absolute Gasteiger partial charge is 0.317 e. The Morgan fingerprint density at radius 2 is 2.00 bits per heavy atom. The van der Waals surface area contributed by atoms with Crippen molar-refractivity contribution in [2.75, 3.05) is 13.1 Å². The summed E-state index contributed by atoms with van der Waals surface area (Å²) in [5.41, 5.74) is -0.602. The van der Waals surface area contributed by atoms with Crippen LogP contribution in [0.15, 0.2) is 0 Å². The Morgan fingerprint density at radius 1 is 1.29 bits per heavy atom. The normalized spacial score (nSPS) is 32.0. The van der Waals surface area contributed by atoms with Gasteiger partial charge in [0, 0.05) is 25.0 Å². The van der Waals surface area contributed by atoms with E-state index in [-0.39, 0.29) is 11.9 Å². The third-order valence-corrected chi connectivity index (χ3v) is 5.21. The lowest BCUT2D eigenvalue weighted by molar-refractivity contribution is -0.141. The van der Waals surface area contributed by atoms with Gasteiger partial charge in [-0.1, -0.05) is 12.8 Å². The van der Waals surface area contributed by atoms with Crippen LogP contribution in [0.3, 0.4) is 0 Å². The highest BCUT2D eigenvalue weighted by Gasteiger charge is 2.43. The third kappa shape index (κ3) is 3.48. The number of aliphatic carboxylic acids is 1. The molecule has 3 N–H and O–H groups in total. The van der Waals surface area contributed by atoms with E-state index in [2.05, 4.69) is 5.32 Å². The average molecular weight is 298 g/mol. The maximum absolute atomic E-state index is 12.3. The first-order valence-electron chi connectivity index (χ1n) is 7.84. The molecule has 0 aromatic heterocycles. The molecule has 1 saturated carbocycles. The topological polar surface area (TPSA) is 89.9 Å². The number of amides is 2. The summed E-state index contributed by atoms with van der Waals surface area (Å²) in [6, 6.07) is -0.634. The van der Waals surface area contributed by atoms with Crippen LogP contribution in [-0.2, 0) is 4.79 Å². The van der Waals surface area contributed by atoms with Gasteiger partial charge in [0.2, 0.25) is 0 Å². The molecule has 120 valence electrons. The molecule has 2 rings (SSSR count). The molecular formula is C15H26N2O4. The third-order valence-electron chi connectivity index (χ3n) is 5.21. The van der Waals surface area contributed by atoms with Gasteiger partial charge in [0.25, 0.3) is 0 Å². The van der Waals surface area contributed by atoms with Crippen LogP contribution in [0.4, 0.5) is 4.79 Å². The van der Waals surface area contributed by atoms with Gasteiger partial charge in [0.1, 0.15) is 0 Å². The van der Waals surface area contributed by atoms with Crippen molar-refractivity contribution < 1.29 is 19.8 Å². The highest BCUT2D eigenvalue weighted by Crippen LogP contribution is 2.39. The number of carbonyl (C=O) groups excluding carboxylic acids is 1. The molecule has 1 aliphatic heterocycles. The van der Waals surface area contributed by atoms with E-state index >= 15 is 0 Å². The number of hydrogen-bond acceptors (Lipinski definition) is 3. The Hall–Kier alpha value is -1.30. The predicted octanol–water partition coefficient (Wildman–Crippen LogP) is 1.43. The first-order valence-corrected chi connectivity index (χ1v) is 7.84. The SMILES string of the molecule is CC(NC(=O)N1CCC2(O)CCCCC2C1)C(C)C(=O)O. The Morgan fingerprint density at radius 3 is 2.67 bits per heavy atom. The first kappa shape index (κ1) is 16.1. The van der Waals surface area contributed by atoms with Gasteiger partial charge in [-0.25, -0.2) is 4.79 Å². The molecule has 6 heteroatoms. The van der Waals surface area contributed by atoms with Gasteiger partial charge in [-0.05, 0) is 33.1 Å². The lowest BCUT2D eigenvalue weighted by Crippen LogP contribution is -2.57. The van der Waals surface area contributed by atoms with Crippen molar-refractivity contribution in [3.05, 3.63) is 0 Å². The minimum atomic E-state index is -0.914. The number of carboxylic acids is 1. The van der Waals surface area contributed by atoms with E-state index in [0.717, 1.165) is 25.7 Å². The van der Waals surface area contributed by atoms with Crippen LogP contribution in [0, 0.1) is 11.8 Å². The zero-order valence-electron chi connectivity index (χ0n) is 12.8. The van der Waals surface area contributed by atoms with E-state index < -0.39 is 23.5 Å². The number of nitrogens with zero attached hydrogens (tertiary/aromatic N) is 1. The molecule has 2 amide bonds. The molecule has 0 radical (unpaired) electrons. The van der Waals surface area contributed by atoms with E-state index in [9.17, 15) is 14.7 Å². The summed E-state index contributed by atoms with van der Waals surface area (Å²) in [4.78, 5) is 24.9. The van der Waals surface area contributed by atoms with Crippen LogP contribution in [0.1, 0.15) is 46.0 Å². The second-order valence-electron chi connectivity index (χ2n) is 6.61. The lowest BCUT2D eigenvalue weighted by Gasteiger charge is -2.47. The fourth-order valence-corrected chi connectivity index (χ4v) is 3.38. The number of fused-ring (bicyclic) bond motifs is 1. The predicted molar refractivity (Wildman–Crippen MR) is 77.9 cm³/mol. The van der Waals surface area contributed by atoms with Crippen LogP contribution >= 0.6 is 0 Å². The molecule has 21 heavy (non-hydrogen) atoms. The summed E-state index contributed by atoms with van der Waals surface area (Å²) >= 11 is 0. The van der Waals surface area contributed by atoms with Crippen molar-refractivity contribution in [3.63, 3.8) is 0 Å². The maximum atomic E-state index is 12.3. The number of aliphatic hydroxyl groups is 1. The molecule has 4 unspecified atom stereocenters. The molecule has 4 atom stereocenters. The van der Waals surface area contributed by atoms with Gasteiger partial charge >= 0.3 is 12.0 Å². The Balaban J connectivity index is 1.91. The molecule has 1 aliphatic carbocycles. The number of rotatable bonds is 3.